The van der Waals surface area contributed by atoms with Crippen LogP contribution < -0.4 is 9.62 Å². The van der Waals surface area contributed by atoms with Gasteiger partial charge in [0.1, 0.15) is 18.4 Å². The molecule has 0 saturated carbocycles. The maximum atomic E-state index is 15.1. The molecule has 0 spiro atoms. The molecule has 0 aliphatic rings. The normalized spacial score (nSPS) is 11.9. The van der Waals surface area contributed by atoms with E-state index >= 15 is 4.39 Å². The predicted molar refractivity (Wildman–Crippen MR) is 162 cm³/mol. The highest BCUT2D eigenvalue weighted by Crippen LogP contribution is 2.28. The Morgan fingerprint density at radius 3 is 2.12 bits per heavy atom. The van der Waals surface area contributed by atoms with Gasteiger partial charge >= 0.3 is 0 Å². The molecule has 0 radical (unpaired) electrons. The highest BCUT2D eigenvalue weighted by molar-refractivity contribution is 7.92. The van der Waals surface area contributed by atoms with E-state index in [1.54, 1.807) is 18.2 Å². The minimum atomic E-state index is -4.40. The van der Waals surface area contributed by atoms with Gasteiger partial charge < -0.3 is 10.2 Å². The highest BCUT2D eigenvalue weighted by atomic mass is 35.5. The molecular weight excluding hydrogens is 600 g/mol. The lowest BCUT2D eigenvalue weighted by molar-refractivity contribution is -0.139. The van der Waals surface area contributed by atoms with Crippen LogP contribution in [-0.4, -0.2) is 44.8 Å². The number of benzene rings is 4. The van der Waals surface area contributed by atoms with E-state index in [1.807, 2.05) is 30.3 Å². The van der Waals surface area contributed by atoms with E-state index in [0.717, 1.165) is 15.9 Å². The molecule has 4 aromatic rings. The lowest BCUT2D eigenvalue weighted by Crippen LogP contribution is -2.53. The zero-order valence-corrected chi connectivity index (χ0v) is 24.9. The second kappa shape index (κ2) is 13.8. The number of hydrogen-bond donors (Lipinski definition) is 1. The van der Waals surface area contributed by atoms with Crippen LogP contribution in [0.25, 0.3) is 0 Å². The Balaban J connectivity index is 1.81. The Bertz CT molecular complexity index is 1660. The van der Waals surface area contributed by atoms with Crippen molar-refractivity contribution in [1.82, 2.24) is 10.2 Å². The number of nitrogens with zero attached hydrogens (tertiary/aromatic N) is 2. The number of likely N-dealkylation sites (N-methyl/N-ethyl adjacent to an activating group) is 1. The van der Waals surface area contributed by atoms with Crippen LogP contribution in [0.3, 0.4) is 0 Å². The summed E-state index contributed by atoms with van der Waals surface area (Å²) in [4.78, 5) is 28.6. The van der Waals surface area contributed by atoms with Crippen LogP contribution in [0.4, 0.5) is 10.1 Å². The number of hydrogen-bond acceptors (Lipinski definition) is 4. The molecule has 0 aromatic heterocycles. The van der Waals surface area contributed by atoms with E-state index in [4.69, 9.17) is 23.2 Å². The van der Waals surface area contributed by atoms with Crippen LogP contribution in [0.2, 0.25) is 10.0 Å². The molecule has 0 heterocycles. The summed E-state index contributed by atoms with van der Waals surface area (Å²) in [6.07, 6.45) is 0.128. The van der Waals surface area contributed by atoms with Crippen LogP contribution in [0.15, 0.2) is 108 Å². The smallest absolute Gasteiger partial charge is 0.264 e. The molecule has 0 saturated heterocycles. The van der Waals surface area contributed by atoms with Gasteiger partial charge in [-0.15, -0.1) is 0 Å². The minimum Gasteiger partial charge on any atom is -0.357 e. The summed E-state index contributed by atoms with van der Waals surface area (Å²) >= 11 is 12.5. The van der Waals surface area contributed by atoms with Crippen molar-refractivity contribution in [3.63, 3.8) is 0 Å². The molecule has 1 N–H and O–H groups in total. The third-order valence-electron chi connectivity index (χ3n) is 6.60. The number of carbonyl (C=O) groups excluding carboxylic acids is 2. The second-order valence-corrected chi connectivity index (χ2v) is 12.1. The SMILES string of the molecule is CNC(=O)[C@@H](Cc1ccccc1)N(Cc1ccc(Cl)cc1Cl)C(=O)CN(c1ccccc1F)S(=O)(=O)c1ccccc1. The zero-order chi connectivity index (χ0) is 30.3. The van der Waals surface area contributed by atoms with Crippen LogP contribution >= 0.6 is 23.2 Å². The molecule has 0 unspecified atom stereocenters. The van der Waals surface area contributed by atoms with Crippen LogP contribution in [0.5, 0.6) is 0 Å². The Kier molecular flexibility index (Phi) is 10.2. The standard InChI is InChI=1S/C31H28Cl2FN3O4S/c1-35-31(39)29(18-22-10-4-2-5-11-22)36(20-23-16-17-24(32)19-26(23)33)30(38)21-37(28-15-9-8-14-27(28)34)42(40,41)25-12-6-3-7-13-25/h2-17,19,29H,18,20-21H2,1H3,(H,35,39)/t29-/m1/s1. The predicted octanol–water partition coefficient (Wildman–Crippen LogP) is 5.71. The molecule has 4 aromatic carbocycles. The first-order valence-electron chi connectivity index (χ1n) is 12.9. The molecule has 11 heteroatoms. The van der Waals surface area contributed by atoms with Crippen molar-refractivity contribution in [3.05, 3.63) is 130 Å². The molecule has 0 bridgehead atoms. The third kappa shape index (κ3) is 7.28. The summed E-state index contributed by atoms with van der Waals surface area (Å²) in [5, 5.41) is 3.25. The quantitative estimate of drug-likeness (QED) is 0.231. The number of para-hydroxylation sites is 1. The van der Waals surface area contributed by atoms with Gasteiger partial charge in [0.25, 0.3) is 10.0 Å². The second-order valence-electron chi connectivity index (χ2n) is 9.35. The monoisotopic (exact) mass is 627 g/mol. The van der Waals surface area contributed by atoms with Crippen molar-refractivity contribution in [3.8, 4) is 0 Å². The average molecular weight is 629 g/mol. The van der Waals surface area contributed by atoms with Gasteiger partial charge in [0.15, 0.2) is 0 Å². The van der Waals surface area contributed by atoms with Gasteiger partial charge in [-0.25, -0.2) is 12.8 Å². The number of rotatable bonds is 11. The molecule has 0 aliphatic carbocycles. The lowest BCUT2D eigenvalue weighted by atomic mass is 10.0. The fourth-order valence-electron chi connectivity index (χ4n) is 4.44. The first kappa shape index (κ1) is 31.0. The highest BCUT2D eigenvalue weighted by Gasteiger charge is 2.35. The molecule has 7 nitrogen and oxygen atoms in total. The molecule has 0 fully saturated rings. The molecule has 218 valence electrons. The summed E-state index contributed by atoms with van der Waals surface area (Å²) in [5.74, 6) is -2.04. The topological polar surface area (TPSA) is 86.8 Å². The Morgan fingerprint density at radius 2 is 1.50 bits per heavy atom. The number of halogens is 3. The maximum absolute atomic E-state index is 15.1. The summed E-state index contributed by atoms with van der Waals surface area (Å²) in [7, 11) is -2.95. The van der Waals surface area contributed by atoms with Gasteiger partial charge in [0.2, 0.25) is 11.8 Å². The largest absolute Gasteiger partial charge is 0.357 e. The van der Waals surface area contributed by atoms with Crippen LogP contribution in [-0.2, 0) is 32.6 Å². The van der Waals surface area contributed by atoms with Crippen molar-refractivity contribution < 1.29 is 22.4 Å². The minimum absolute atomic E-state index is 0.125. The van der Waals surface area contributed by atoms with Gasteiger partial charge in [-0.2, -0.15) is 0 Å². The van der Waals surface area contributed by atoms with Gasteiger partial charge in [0.05, 0.1) is 10.6 Å². The third-order valence-corrected chi connectivity index (χ3v) is 8.97. The van der Waals surface area contributed by atoms with Crippen molar-refractivity contribution in [2.24, 2.45) is 0 Å². The molecular formula is C31H28Cl2FN3O4S. The fraction of sp³-hybridized carbons (Fsp3) is 0.161. The van der Waals surface area contributed by atoms with Crippen molar-refractivity contribution >= 4 is 50.7 Å². The summed E-state index contributed by atoms with van der Waals surface area (Å²) in [6, 6.07) is 25.5. The summed E-state index contributed by atoms with van der Waals surface area (Å²) < 4.78 is 43.4. The number of carbonyl (C=O) groups is 2. The number of anilines is 1. The van der Waals surface area contributed by atoms with Gasteiger partial charge in [0, 0.05) is 30.1 Å². The van der Waals surface area contributed by atoms with Gasteiger partial charge in [-0.1, -0.05) is 89.9 Å². The van der Waals surface area contributed by atoms with Crippen molar-refractivity contribution in [1.29, 1.82) is 0 Å². The molecule has 0 aliphatic heterocycles. The Morgan fingerprint density at radius 1 is 0.881 bits per heavy atom. The van der Waals surface area contributed by atoms with Crippen LogP contribution in [0, 0.1) is 5.82 Å². The van der Waals surface area contributed by atoms with E-state index in [-0.39, 0.29) is 28.6 Å². The van der Waals surface area contributed by atoms with Crippen molar-refractivity contribution in [2.75, 3.05) is 17.9 Å². The van der Waals surface area contributed by atoms with E-state index in [2.05, 4.69) is 5.32 Å². The molecule has 1 atom stereocenters. The van der Waals surface area contributed by atoms with Gasteiger partial charge in [-0.05, 0) is 47.5 Å². The fourth-order valence-corrected chi connectivity index (χ4v) is 6.35. The number of sulfonamides is 1. The maximum Gasteiger partial charge on any atom is 0.264 e. The molecule has 4 rings (SSSR count). The van der Waals surface area contributed by atoms with Crippen molar-refractivity contribution in [2.45, 2.75) is 23.9 Å². The first-order valence-corrected chi connectivity index (χ1v) is 15.1. The van der Waals surface area contributed by atoms with Gasteiger partial charge in [-0.3, -0.25) is 13.9 Å². The Labute approximate surface area is 254 Å². The summed E-state index contributed by atoms with van der Waals surface area (Å²) in [5.41, 5.74) is 0.951. The van der Waals surface area contributed by atoms with E-state index < -0.39 is 40.2 Å². The summed E-state index contributed by atoms with van der Waals surface area (Å²) in [6.45, 7) is -0.929. The zero-order valence-electron chi connectivity index (χ0n) is 22.6. The van der Waals surface area contributed by atoms with E-state index in [1.165, 1.54) is 60.5 Å². The average Bonchev–Trinajstić information content (AvgIpc) is 2.99. The van der Waals surface area contributed by atoms with E-state index in [9.17, 15) is 18.0 Å². The number of amides is 2. The van der Waals surface area contributed by atoms with Crippen LogP contribution in [0.1, 0.15) is 11.1 Å². The first-order chi connectivity index (χ1) is 20.1. The molecule has 42 heavy (non-hydrogen) atoms. The molecule has 2 amide bonds. The Hall–Kier alpha value is -3.92. The lowest BCUT2D eigenvalue weighted by Gasteiger charge is -2.33. The number of nitrogens with one attached hydrogen (secondary N) is 1. The van der Waals surface area contributed by atoms with E-state index in [0.29, 0.717) is 10.6 Å².